The Balaban J connectivity index is 1.27. The minimum absolute atomic E-state index is 0.183. The summed E-state index contributed by atoms with van der Waals surface area (Å²) in [5.41, 5.74) is 5.29. The molecule has 1 unspecified atom stereocenters. The van der Waals surface area contributed by atoms with Crippen molar-refractivity contribution in [1.82, 2.24) is 10.5 Å². The Morgan fingerprint density at radius 2 is 1.76 bits per heavy atom. The van der Waals surface area contributed by atoms with Crippen LogP contribution in [0.1, 0.15) is 70.5 Å². The van der Waals surface area contributed by atoms with Crippen molar-refractivity contribution in [2.45, 2.75) is 52.4 Å². The van der Waals surface area contributed by atoms with E-state index in [9.17, 15) is 14.4 Å². The fourth-order valence-corrected chi connectivity index (χ4v) is 5.91. The van der Waals surface area contributed by atoms with Crippen LogP contribution in [0.4, 0.5) is 17.1 Å². The number of Topliss-reactive ketones (excluding diaryl/α,β-unsaturated/α-hetero) is 1. The van der Waals surface area contributed by atoms with Crippen LogP contribution in [0.25, 0.3) is 0 Å². The molecule has 3 aromatic rings. The van der Waals surface area contributed by atoms with Crippen molar-refractivity contribution in [2.24, 2.45) is 5.92 Å². The van der Waals surface area contributed by atoms with Gasteiger partial charge >= 0.3 is 0 Å². The van der Waals surface area contributed by atoms with E-state index in [2.05, 4.69) is 56.8 Å². The lowest BCUT2D eigenvalue weighted by Gasteiger charge is -2.38. The molecule has 9 heteroatoms. The molecule has 1 saturated carbocycles. The van der Waals surface area contributed by atoms with Crippen LogP contribution in [0.2, 0.25) is 0 Å². The van der Waals surface area contributed by atoms with Gasteiger partial charge in [0.1, 0.15) is 17.6 Å². The molecule has 0 bridgehead atoms. The first-order chi connectivity index (χ1) is 19.9. The molecule has 216 valence electrons. The summed E-state index contributed by atoms with van der Waals surface area (Å²) in [7, 11) is 0. The topological polar surface area (TPSA) is 108 Å². The number of para-hydroxylation sites is 1. The number of rotatable bonds is 9. The van der Waals surface area contributed by atoms with E-state index in [1.54, 1.807) is 13.0 Å². The zero-order chi connectivity index (χ0) is 28.8. The lowest BCUT2D eigenvalue weighted by Crippen LogP contribution is -2.47. The maximum Gasteiger partial charge on any atom is 0.260 e. The van der Waals surface area contributed by atoms with E-state index < -0.39 is 0 Å². The molecule has 2 fully saturated rings. The normalized spacial score (nSPS) is 17.4. The molecule has 2 aliphatic rings. The minimum atomic E-state index is -0.330. The summed E-state index contributed by atoms with van der Waals surface area (Å²) in [6.45, 7) is 7.64. The summed E-state index contributed by atoms with van der Waals surface area (Å²) in [5, 5.41) is 9.85. The molecule has 2 amide bonds. The number of carbonyl (C=O) groups is 3. The molecule has 1 aliphatic carbocycles. The summed E-state index contributed by atoms with van der Waals surface area (Å²) in [5.74, 6) is 0.278. The highest BCUT2D eigenvalue weighted by Crippen LogP contribution is 2.31. The Morgan fingerprint density at radius 3 is 2.46 bits per heavy atom. The zero-order valence-electron chi connectivity index (χ0n) is 23.9. The standard InChI is InChI=1S/C32H39N5O4/c1-22-7-3-4-11-29(22)36-15-17-37(18-16-36)30-13-12-25(20-28(30)34-32(40)27-21-41-35-23(27)2)31(39)33-14-6-9-24-8-5-10-26(38)19-24/h3-4,7,11-13,20-21,24H,5-6,8-10,14-19H2,1-2H3,(H,33,39)(H,34,40). The minimum Gasteiger partial charge on any atom is -0.368 e. The largest absolute Gasteiger partial charge is 0.368 e. The van der Waals surface area contributed by atoms with Crippen LogP contribution in [0.3, 0.4) is 0 Å². The van der Waals surface area contributed by atoms with Crippen LogP contribution >= 0.6 is 0 Å². The third-order valence-electron chi connectivity index (χ3n) is 8.24. The van der Waals surface area contributed by atoms with Crippen molar-refractivity contribution < 1.29 is 18.9 Å². The van der Waals surface area contributed by atoms with Gasteiger partial charge in [-0.2, -0.15) is 0 Å². The van der Waals surface area contributed by atoms with Crippen LogP contribution in [0.15, 0.2) is 53.3 Å². The van der Waals surface area contributed by atoms with Gasteiger partial charge in [-0.1, -0.05) is 23.4 Å². The lowest BCUT2D eigenvalue weighted by atomic mass is 9.85. The van der Waals surface area contributed by atoms with E-state index in [-0.39, 0.29) is 11.8 Å². The van der Waals surface area contributed by atoms with Crippen molar-refractivity contribution in [2.75, 3.05) is 47.8 Å². The second-order valence-corrected chi connectivity index (χ2v) is 11.2. The van der Waals surface area contributed by atoms with Crippen molar-refractivity contribution in [1.29, 1.82) is 0 Å². The number of hydrogen-bond donors (Lipinski definition) is 2. The first-order valence-electron chi connectivity index (χ1n) is 14.6. The maximum atomic E-state index is 13.1. The maximum absolute atomic E-state index is 13.1. The molecule has 1 aliphatic heterocycles. The predicted octanol–water partition coefficient (Wildman–Crippen LogP) is 5.14. The summed E-state index contributed by atoms with van der Waals surface area (Å²) in [4.78, 5) is 42.5. The molecule has 2 heterocycles. The van der Waals surface area contributed by atoms with E-state index in [0.29, 0.717) is 53.6 Å². The van der Waals surface area contributed by atoms with Crippen LogP contribution in [-0.4, -0.2) is 55.5 Å². The van der Waals surface area contributed by atoms with Gasteiger partial charge in [0.15, 0.2) is 0 Å². The fraction of sp³-hybridized carbons (Fsp3) is 0.438. The molecule has 5 rings (SSSR count). The van der Waals surface area contributed by atoms with Crippen LogP contribution in [-0.2, 0) is 4.79 Å². The van der Waals surface area contributed by atoms with Gasteiger partial charge in [0, 0.05) is 56.8 Å². The fourth-order valence-electron chi connectivity index (χ4n) is 5.91. The third kappa shape index (κ3) is 6.96. The number of nitrogens with zero attached hydrogens (tertiary/aromatic N) is 3. The Hall–Kier alpha value is -4.14. The number of carbonyl (C=O) groups excluding carboxylic acids is 3. The molecule has 0 spiro atoms. The third-order valence-corrected chi connectivity index (χ3v) is 8.24. The van der Waals surface area contributed by atoms with Crippen LogP contribution < -0.4 is 20.4 Å². The summed E-state index contributed by atoms with van der Waals surface area (Å²) in [6, 6.07) is 13.9. The molecule has 1 aromatic heterocycles. The molecule has 2 aromatic carbocycles. The zero-order valence-corrected chi connectivity index (χ0v) is 23.9. The first kappa shape index (κ1) is 28.4. The summed E-state index contributed by atoms with van der Waals surface area (Å²) < 4.78 is 4.97. The van der Waals surface area contributed by atoms with E-state index in [0.717, 1.165) is 57.5 Å². The number of hydrogen-bond acceptors (Lipinski definition) is 7. The van der Waals surface area contributed by atoms with Gasteiger partial charge in [-0.05, 0) is 75.3 Å². The summed E-state index contributed by atoms with van der Waals surface area (Å²) >= 11 is 0. The number of aryl methyl sites for hydroxylation is 2. The van der Waals surface area contributed by atoms with E-state index in [1.807, 2.05) is 12.1 Å². The Bertz CT molecular complexity index is 1390. The SMILES string of the molecule is Cc1ccccc1N1CCN(c2ccc(C(=O)NCCCC3CCCC(=O)C3)cc2NC(=O)c2conc2C)CC1. The predicted molar refractivity (Wildman–Crippen MR) is 160 cm³/mol. The molecule has 1 atom stereocenters. The Kier molecular flexibility index (Phi) is 9.01. The Labute approximate surface area is 241 Å². The smallest absolute Gasteiger partial charge is 0.260 e. The highest BCUT2D eigenvalue weighted by atomic mass is 16.5. The molecule has 2 N–H and O–H groups in total. The highest BCUT2D eigenvalue weighted by molar-refractivity contribution is 6.07. The van der Waals surface area contributed by atoms with Crippen LogP contribution in [0, 0.1) is 19.8 Å². The lowest BCUT2D eigenvalue weighted by molar-refractivity contribution is -0.121. The number of anilines is 3. The van der Waals surface area contributed by atoms with Gasteiger partial charge in [-0.3, -0.25) is 14.4 Å². The average Bonchev–Trinajstić information content (AvgIpc) is 3.41. The molecular weight excluding hydrogens is 518 g/mol. The number of benzene rings is 2. The highest BCUT2D eigenvalue weighted by Gasteiger charge is 2.24. The molecule has 0 radical (unpaired) electrons. The number of piperazine rings is 1. The average molecular weight is 558 g/mol. The van der Waals surface area contributed by atoms with E-state index in [1.165, 1.54) is 17.5 Å². The molecule has 1 saturated heterocycles. The van der Waals surface area contributed by atoms with E-state index >= 15 is 0 Å². The van der Waals surface area contributed by atoms with Gasteiger partial charge in [0.2, 0.25) is 0 Å². The van der Waals surface area contributed by atoms with Gasteiger partial charge in [0.05, 0.1) is 17.1 Å². The van der Waals surface area contributed by atoms with Gasteiger partial charge in [-0.15, -0.1) is 0 Å². The van der Waals surface area contributed by atoms with Gasteiger partial charge in [0.25, 0.3) is 11.8 Å². The molecular formula is C32H39N5O4. The van der Waals surface area contributed by atoms with Crippen molar-refractivity contribution in [3.05, 3.63) is 71.1 Å². The number of nitrogens with one attached hydrogen (secondary N) is 2. The molecule has 41 heavy (non-hydrogen) atoms. The Morgan fingerprint density at radius 1 is 1.00 bits per heavy atom. The number of ketones is 1. The second-order valence-electron chi connectivity index (χ2n) is 11.2. The quantitative estimate of drug-likeness (QED) is 0.351. The van der Waals surface area contributed by atoms with Crippen molar-refractivity contribution >= 4 is 34.7 Å². The first-order valence-corrected chi connectivity index (χ1v) is 14.6. The van der Waals surface area contributed by atoms with Gasteiger partial charge < -0.3 is 25.0 Å². The van der Waals surface area contributed by atoms with Crippen LogP contribution in [0.5, 0.6) is 0 Å². The van der Waals surface area contributed by atoms with E-state index in [4.69, 9.17) is 4.52 Å². The monoisotopic (exact) mass is 557 g/mol. The number of amides is 2. The van der Waals surface area contributed by atoms with Crippen molar-refractivity contribution in [3.63, 3.8) is 0 Å². The number of aromatic nitrogens is 1. The van der Waals surface area contributed by atoms with Crippen molar-refractivity contribution in [3.8, 4) is 0 Å². The second kappa shape index (κ2) is 13.0. The van der Waals surface area contributed by atoms with Gasteiger partial charge in [-0.25, -0.2) is 0 Å². The summed E-state index contributed by atoms with van der Waals surface area (Å²) in [6.07, 6.45) is 6.56. The molecule has 9 nitrogen and oxygen atoms in total.